The van der Waals surface area contributed by atoms with Crippen LogP contribution < -0.4 is 14.8 Å². The molecule has 0 aromatic heterocycles. The molecule has 1 aromatic rings. The smallest absolute Gasteiger partial charge is 0.123 e. The number of methoxy groups -OCH3 is 2. The lowest BCUT2D eigenvalue weighted by atomic mass is 9.71. The van der Waals surface area contributed by atoms with Gasteiger partial charge in [0.2, 0.25) is 0 Å². The van der Waals surface area contributed by atoms with Crippen LogP contribution in [0.5, 0.6) is 11.5 Å². The van der Waals surface area contributed by atoms with Gasteiger partial charge in [-0.05, 0) is 49.8 Å². The molecule has 1 saturated carbocycles. The molecule has 1 N–H and O–H groups in total. The minimum atomic E-state index is 0.264. The van der Waals surface area contributed by atoms with Gasteiger partial charge in [0.15, 0.2) is 0 Å². The maximum atomic E-state index is 5.48. The van der Waals surface area contributed by atoms with E-state index in [1.165, 1.54) is 12.8 Å². The van der Waals surface area contributed by atoms with Crippen molar-refractivity contribution in [2.45, 2.75) is 31.8 Å². The number of ether oxygens (including phenoxy) is 2. The Morgan fingerprint density at radius 1 is 1.25 bits per heavy atom. The first-order chi connectivity index (χ1) is 9.72. The summed E-state index contributed by atoms with van der Waals surface area (Å²) in [4.78, 5) is 0. The minimum absolute atomic E-state index is 0.264. The van der Waals surface area contributed by atoms with E-state index in [9.17, 15) is 0 Å². The summed E-state index contributed by atoms with van der Waals surface area (Å²) in [5.74, 6) is 3.41. The molecule has 0 spiro atoms. The lowest BCUT2D eigenvalue weighted by Crippen LogP contribution is -2.48. The van der Waals surface area contributed by atoms with Gasteiger partial charge in [-0.2, -0.15) is 0 Å². The first kappa shape index (κ1) is 13.5. The van der Waals surface area contributed by atoms with Gasteiger partial charge < -0.3 is 14.8 Å². The van der Waals surface area contributed by atoms with Crippen LogP contribution in [0.3, 0.4) is 0 Å². The quantitative estimate of drug-likeness (QED) is 0.835. The Labute approximate surface area is 121 Å². The normalized spacial score (nSPS) is 28.6. The van der Waals surface area contributed by atoms with E-state index in [-0.39, 0.29) is 6.04 Å². The van der Waals surface area contributed by atoms with Crippen molar-refractivity contribution in [2.24, 2.45) is 11.8 Å². The van der Waals surface area contributed by atoms with Crippen LogP contribution in [0.25, 0.3) is 0 Å². The molecule has 3 rings (SSSR count). The maximum absolute atomic E-state index is 5.48. The number of benzene rings is 1. The molecule has 0 aliphatic heterocycles. The second kappa shape index (κ2) is 5.49. The molecule has 2 aliphatic carbocycles. The van der Waals surface area contributed by atoms with E-state index in [0.29, 0.717) is 6.04 Å². The summed E-state index contributed by atoms with van der Waals surface area (Å²) in [6.45, 7) is 2.20. The Kier molecular flexibility index (Phi) is 3.70. The Hall–Kier alpha value is -1.48. The van der Waals surface area contributed by atoms with Gasteiger partial charge in [0, 0.05) is 17.6 Å². The van der Waals surface area contributed by atoms with E-state index in [0.717, 1.165) is 28.9 Å². The van der Waals surface area contributed by atoms with E-state index in [1.807, 2.05) is 12.1 Å². The third kappa shape index (κ3) is 2.31. The summed E-state index contributed by atoms with van der Waals surface area (Å²) < 4.78 is 10.8. The second-order valence-electron chi connectivity index (χ2n) is 5.84. The Balaban J connectivity index is 1.72. The average molecular weight is 273 g/mol. The van der Waals surface area contributed by atoms with Crippen LogP contribution in [0.4, 0.5) is 0 Å². The van der Waals surface area contributed by atoms with Crippen molar-refractivity contribution in [2.75, 3.05) is 14.2 Å². The zero-order valence-corrected chi connectivity index (χ0v) is 12.4. The van der Waals surface area contributed by atoms with Crippen molar-refractivity contribution in [3.8, 4) is 11.5 Å². The van der Waals surface area contributed by atoms with Gasteiger partial charge in [0.1, 0.15) is 11.5 Å². The summed E-state index contributed by atoms with van der Waals surface area (Å²) in [5, 5.41) is 3.74. The SMILES string of the molecule is COc1ccc(OC)c(C(C)NC2CC3CC=CC32)c1. The number of hydrogen-bond acceptors (Lipinski definition) is 3. The third-order valence-corrected chi connectivity index (χ3v) is 4.73. The highest BCUT2D eigenvalue weighted by atomic mass is 16.5. The maximum Gasteiger partial charge on any atom is 0.123 e. The number of hydrogen-bond donors (Lipinski definition) is 1. The molecular weight excluding hydrogens is 250 g/mol. The topological polar surface area (TPSA) is 30.5 Å². The zero-order chi connectivity index (χ0) is 14.1. The molecular formula is C17H23NO2. The van der Waals surface area contributed by atoms with Crippen molar-refractivity contribution in [1.29, 1.82) is 0 Å². The Morgan fingerprint density at radius 3 is 2.80 bits per heavy atom. The van der Waals surface area contributed by atoms with E-state index in [1.54, 1.807) is 14.2 Å². The third-order valence-electron chi connectivity index (χ3n) is 4.73. The van der Waals surface area contributed by atoms with Crippen molar-refractivity contribution in [3.63, 3.8) is 0 Å². The van der Waals surface area contributed by atoms with Crippen LogP contribution in [0, 0.1) is 11.8 Å². The van der Waals surface area contributed by atoms with Gasteiger partial charge in [-0.1, -0.05) is 12.2 Å². The fourth-order valence-corrected chi connectivity index (χ4v) is 3.50. The first-order valence-corrected chi connectivity index (χ1v) is 7.37. The Morgan fingerprint density at radius 2 is 2.10 bits per heavy atom. The molecule has 108 valence electrons. The number of nitrogens with one attached hydrogen (secondary N) is 1. The first-order valence-electron chi connectivity index (χ1n) is 7.37. The molecule has 20 heavy (non-hydrogen) atoms. The summed E-state index contributed by atoms with van der Waals surface area (Å²) >= 11 is 0. The predicted octanol–water partition coefficient (Wildman–Crippen LogP) is 3.32. The van der Waals surface area contributed by atoms with Gasteiger partial charge in [-0.3, -0.25) is 0 Å². The second-order valence-corrected chi connectivity index (χ2v) is 5.84. The lowest BCUT2D eigenvalue weighted by Gasteiger charge is -2.42. The molecule has 2 aliphatic rings. The van der Waals surface area contributed by atoms with Crippen LogP contribution in [0.2, 0.25) is 0 Å². The number of rotatable bonds is 5. The molecule has 4 unspecified atom stereocenters. The van der Waals surface area contributed by atoms with Crippen LogP contribution in [0.15, 0.2) is 30.4 Å². The Bertz CT molecular complexity index is 512. The monoisotopic (exact) mass is 273 g/mol. The largest absolute Gasteiger partial charge is 0.497 e. The van der Waals surface area contributed by atoms with Crippen LogP contribution >= 0.6 is 0 Å². The van der Waals surface area contributed by atoms with E-state index in [4.69, 9.17) is 9.47 Å². The molecule has 3 nitrogen and oxygen atoms in total. The number of fused-ring (bicyclic) bond motifs is 1. The van der Waals surface area contributed by atoms with Crippen molar-refractivity contribution in [1.82, 2.24) is 5.32 Å². The van der Waals surface area contributed by atoms with Crippen LogP contribution in [-0.2, 0) is 0 Å². The van der Waals surface area contributed by atoms with Crippen molar-refractivity contribution in [3.05, 3.63) is 35.9 Å². The summed E-state index contributed by atoms with van der Waals surface area (Å²) in [7, 11) is 3.42. The van der Waals surface area contributed by atoms with Crippen molar-refractivity contribution < 1.29 is 9.47 Å². The highest BCUT2D eigenvalue weighted by Gasteiger charge is 2.41. The molecule has 0 amide bonds. The summed E-state index contributed by atoms with van der Waals surface area (Å²) in [5.41, 5.74) is 1.16. The fraction of sp³-hybridized carbons (Fsp3) is 0.529. The zero-order valence-electron chi connectivity index (χ0n) is 12.4. The van der Waals surface area contributed by atoms with E-state index in [2.05, 4.69) is 30.5 Å². The van der Waals surface area contributed by atoms with Crippen molar-refractivity contribution >= 4 is 0 Å². The molecule has 0 bridgehead atoms. The summed E-state index contributed by atoms with van der Waals surface area (Å²) in [6.07, 6.45) is 7.25. The summed E-state index contributed by atoms with van der Waals surface area (Å²) in [6, 6.07) is 6.85. The van der Waals surface area contributed by atoms with E-state index >= 15 is 0 Å². The minimum Gasteiger partial charge on any atom is -0.497 e. The molecule has 4 atom stereocenters. The fourth-order valence-electron chi connectivity index (χ4n) is 3.50. The molecule has 3 heteroatoms. The molecule has 0 radical (unpaired) electrons. The molecule has 0 heterocycles. The molecule has 1 fully saturated rings. The highest BCUT2D eigenvalue weighted by molar-refractivity contribution is 5.42. The molecule has 0 saturated heterocycles. The van der Waals surface area contributed by atoms with Crippen LogP contribution in [0.1, 0.15) is 31.4 Å². The lowest BCUT2D eigenvalue weighted by molar-refractivity contribution is 0.152. The number of allylic oxidation sites excluding steroid dienone is 1. The van der Waals surface area contributed by atoms with E-state index < -0.39 is 0 Å². The van der Waals surface area contributed by atoms with Gasteiger partial charge >= 0.3 is 0 Å². The van der Waals surface area contributed by atoms with Gasteiger partial charge in [0.05, 0.1) is 14.2 Å². The highest BCUT2D eigenvalue weighted by Crippen LogP contribution is 2.44. The molecule has 1 aromatic carbocycles. The standard InChI is InChI=1S/C17H23NO2/c1-11(18-16-9-12-5-4-6-14(12)16)15-10-13(19-2)7-8-17(15)20-3/h4,6-8,10-12,14,16,18H,5,9H2,1-3H3. The average Bonchev–Trinajstić information content (AvgIpc) is 2.85. The van der Waals surface area contributed by atoms with Gasteiger partial charge in [0.25, 0.3) is 0 Å². The predicted molar refractivity (Wildman–Crippen MR) is 80.2 cm³/mol. The van der Waals surface area contributed by atoms with Gasteiger partial charge in [-0.25, -0.2) is 0 Å². The van der Waals surface area contributed by atoms with Gasteiger partial charge in [-0.15, -0.1) is 0 Å². The van der Waals surface area contributed by atoms with Crippen LogP contribution in [-0.4, -0.2) is 20.3 Å².